The summed E-state index contributed by atoms with van der Waals surface area (Å²) in [4.78, 5) is 11.6. The third-order valence-corrected chi connectivity index (χ3v) is 3.51. The van der Waals surface area contributed by atoms with E-state index in [4.69, 9.17) is 4.74 Å². The molecular formula is C13H16N2O2. The zero-order chi connectivity index (χ0) is 11.7. The Morgan fingerprint density at radius 3 is 2.82 bits per heavy atom. The van der Waals surface area contributed by atoms with Gasteiger partial charge in [0.2, 0.25) is 0 Å². The Bertz CT molecular complexity index is 407. The quantitative estimate of drug-likeness (QED) is 0.775. The number of nitrogens with one attached hydrogen (secondary N) is 2. The average Bonchev–Trinajstić information content (AvgIpc) is 2.39. The molecule has 2 aliphatic rings. The fourth-order valence-electron chi connectivity index (χ4n) is 2.70. The van der Waals surface area contributed by atoms with E-state index in [9.17, 15) is 4.79 Å². The summed E-state index contributed by atoms with van der Waals surface area (Å²) in [5.74, 6) is 0.323. The second-order valence-corrected chi connectivity index (χ2v) is 4.60. The normalized spacial score (nSPS) is 32.2. The molecule has 0 saturated carbocycles. The van der Waals surface area contributed by atoms with Crippen LogP contribution < -0.4 is 10.6 Å². The summed E-state index contributed by atoms with van der Waals surface area (Å²) < 4.78 is 5.63. The number of rotatable bonds is 1. The van der Waals surface area contributed by atoms with Gasteiger partial charge in [-0.2, -0.15) is 0 Å². The standard InChI is InChI=1S/C13H16N2O2/c16-13-14-11(9-5-2-1-3-6-9)10-7-4-8-17-12(10)15-13/h1-3,5-6,10-12H,4,7-8H2,(H2,14,15,16)/t10-,11-,12-/m1/s1. The lowest BCUT2D eigenvalue weighted by molar-refractivity contribution is -0.0602. The molecule has 2 N–H and O–H groups in total. The van der Waals surface area contributed by atoms with E-state index in [2.05, 4.69) is 22.8 Å². The minimum absolute atomic E-state index is 0.0650. The molecule has 1 aromatic rings. The Labute approximate surface area is 100 Å². The van der Waals surface area contributed by atoms with Crippen molar-refractivity contribution >= 4 is 6.03 Å². The van der Waals surface area contributed by atoms with Crippen LogP contribution in [0.2, 0.25) is 0 Å². The Morgan fingerprint density at radius 2 is 2.00 bits per heavy atom. The van der Waals surface area contributed by atoms with Gasteiger partial charge in [-0.1, -0.05) is 30.3 Å². The predicted octanol–water partition coefficient (Wildman–Crippen LogP) is 1.79. The summed E-state index contributed by atoms with van der Waals surface area (Å²) in [5, 5.41) is 5.85. The number of amides is 2. The highest BCUT2D eigenvalue weighted by Gasteiger charge is 2.39. The highest BCUT2D eigenvalue weighted by atomic mass is 16.5. The van der Waals surface area contributed by atoms with Crippen molar-refractivity contribution in [2.45, 2.75) is 25.1 Å². The van der Waals surface area contributed by atoms with Crippen molar-refractivity contribution in [2.24, 2.45) is 5.92 Å². The largest absolute Gasteiger partial charge is 0.358 e. The summed E-state index contributed by atoms with van der Waals surface area (Å²) in [5.41, 5.74) is 1.16. The number of carbonyl (C=O) groups is 1. The van der Waals surface area contributed by atoms with E-state index in [0.29, 0.717) is 5.92 Å². The van der Waals surface area contributed by atoms with Crippen LogP contribution in [-0.2, 0) is 4.74 Å². The first-order valence-corrected chi connectivity index (χ1v) is 6.08. The summed E-state index contributed by atoms with van der Waals surface area (Å²) >= 11 is 0. The predicted molar refractivity (Wildman–Crippen MR) is 63.3 cm³/mol. The fraction of sp³-hybridized carbons (Fsp3) is 0.462. The molecule has 0 unspecified atom stereocenters. The SMILES string of the molecule is O=C1N[C@@H]2OCCC[C@@H]2[C@@H](c2ccccc2)N1. The van der Waals surface area contributed by atoms with Crippen molar-refractivity contribution in [3.05, 3.63) is 35.9 Å². The lowest BCUT2D eigenvalue weighted by Gasteiger charge is -2.41. The fourth-order valence-corrected chi connectivity index (χ4v) is 2.70. The maximum atomic E-state index is 11.6. The van der Waals surface area contributed by atoms with Crippen molar-refractivity contribution in [3.63, 3.8) is 0 Å². The Morgan fingerprint density at radius 1 is 1.18 bits per heavy atom. The van der Waals surface area contributed by atoms with Crippen LogP contribution >= 0.6 is 0 Å². The third-order valence-electron chi connectivity index (χ3n) is 3.51. The van der Waals surface area contributed by atoms with Crippen LogP contribution in [-0.4, -0.2) is 18.9 Å². The van der Waals surface area contributed by atoms with Gasteiger partial charge in [0, 0.05) is 12.5 Å². The first-order valence-electron chi connectivity index (χ1n) is 6.08. The maximum Gasteiger partial charge on any atom is 0.317 e. The van der Waals surface area contributed by atoms with Gasteiger partial charge in [-0.3, -0.25) is 0 Å². The topological polar surface area (TPSA) is 50.4 Å². The number of benzene rings is 1. The van der Waals surface area contributed by atoms with Crippen molar-refractivity contribution in [2.75, 3.05) is 6.61 Å². The zero-order valence-corrected chi connectivity index (χ0v) is 9.56. The molecule has 1 aromatic carbocycles. The third kappa shape index (κ3) is 2.00. The molecule has 3 atom stereocenters. The highest BCUT2D eigenvalue weighted by molar-refractivity contribution is 5.75. The first-order chi connectivity index (χ1) is 8.34. The van der Waals surface area contributed by atoms with Gasteiger partial charge in [-0.15, -0.1) is 0 Å². The van der Waals surface area contributed by atoms with Crippen molar-refractivity contribution in [3.8, 4) is 0 Å². The molecular weight excluding hydrogens is 216 g/mol. The number of ether oxygens (including phenoxy) is 1. The minimum atomic E-state index is -0.137. The summed E-state index contributed by atoms with van der Waals surface area (Å²) in [7, 11) is 0. The molecule has 2 saturated heterocycles. The molecule has 2 heterocycles. The molecule has 3 rings (SSSR count). The van der Waals surface area contributed by atoms with E-state index < -0.39 is 0 Å². The Kier molecular flexibility index (Phi) is 2.73. The van der Waals surface area contributed by atoms with Crippen LogP contribution in [0.3, 0.4) is 0 Å². The molecule has 0 aromatic heterocycles. The molecule has 0 radical (unpaired) electrons. The van der Waals surface area contributed by atoms with Gasteiger partial charge < -0.3 is 15.4 Å². The second kappa shape index (κ2) is 4.37. The Balaban J connectivity index is 1.88. The van der Waals surface area contributed by atoms with E-state index in [1.807, 2.05) is 18.2 Å². The van der Waals surface area contributed by atoms with Crippen molar-refractivity contribution in [1.82, 2.24) is 10.6 Å². The van der Waals surface area contributed by atoms with Crippen molar-refractivity contribution < 1.29 is 9.53 Å². The number of hydrogen-bond acceptors (Lipinski definition) is 2. The smallest absolute Gasteiger partial charge is 0.317 e. The van der Waals surface area contributed by atoms with Gasteiger partial charge in [0.1, 0.15) is 6.23 Å². The maximum absolute atomic E-state index is 11.6. The van der Waals surface area contributed by atoms with Gasteiger partial charge in [-0.25, -0.2) is 4.79 Å². The van der Waals surface area contributed by atoms with Crippen LogP contribution in [0.5, 0.6) is 0 Å². The lowest BCUT2D eigenvalue weighted by atomic mass is 9.85. The average molecular weight is 232 g/mol. The van der Waals surface area contributed by atoms with E-state index in [1.54, 1.807) is 0 Å². The lowest BCUT2D eigenvalue weighted by Crippen LogP contribution is -2.58. The Hall–Kier alpha value is -1.55. The van der Waals surface area contributed by atoms with Gasteiger partial charge >= 0.3 is 6.03 Å². The van der Waals surface area contributed by atoms with E-state index in [0.717, 1.165) is 25.0 Å². The molecule has 2 fully saturated rings. The number of fused-ring (bicyclic) bond motifs is 1. The second-order valence-electron chi connectivity index (χ2n) is 4.60. The zero-order valence-electron chi connectivity index (χ0n) is 9.56. The van der Waals surface area contributed by atoms with Crippen LogP contribution in [0.15, 0.2) is 30.3 Å². The number of urea groups is 1. The van der Waals surface area contributed by atoms with E-state index in [-0.39, 0.29) is 18.3 Å². The van der Waals surface area contributed by atoms with Gasteiger partial charge in [0.05, 0.1) is 6.04 Å². The monoisotopic (exact) mass is 232 g/mol. The van der Waals surface area contributed by atoms with E-state index >= 15 is 0 Å². The summed E-state index contributed by atoms with van der Waals surface area (Å²) in [6, 6.07) is 10.0. The first kappa shape index (κ1) is 10.6. The summed E-state index contributed by atoms with van der Waals surface area (Å²) in [6.45, 7) is 0.739. The molecule has 17 heavy (non-hydrogen) atoms. The number of hydrogen-bond donors (Lipinski definition) is 2. The molecule has 0 aliphatic carbocycles. The number of carbonyl (C=O) groups excluding carboxylic acids is 1. The molecule has 2 aliphatic heterocycles. The molecule has 4 nitrogen and oxygen atoms in total. The van der Waals surface area contributed by atoms with Gasteiger partial charge in [-0.05, 0) is 18.4 Å². The van der Waals surface area contributed by atoms with Crippen LogP contribution in [0.1, 0.15) is 24.4 Å². The highest BCUT2D eigenvalue weighted by Crippen LogP contribution is 2.34. The van der Waals surface area contributed by atoms with Gasteiger partial charge in [0.25, 0.3) is 0 Å². The van der Waals surface area contributed by atoms with Crippen LogP contribution in [0.25, 0.3) is 0 Å². The molecule has 0 bridgehead atoms. The summed E-state index contributed by atoms with van der Waals surface area (Å²) in [6.07, 6.45) is 2.00. The van der Waals surface area contributed by atoms with Crippen LogP contribution in [0.4, 0.5) is 4.79 Å². The van der Waals surface area contributed by atoms with Crippen LogP contribution in [0, 0.1) is 5.92 Å². The molecule has 2 amide bonds. The van der Waals surface area contributed by atoms with Gasteiger partial charge in [0.15, 0.2) is 0 Å². The minimum Gasteiger partial charge on any atom is -0.358 e. The molecule has 0 spiro atoms. The molecule has 90 valence electrons. The van der Waals surface area contributed by atoms with Crippen molar-refractivity contribution in [1.29, 1.82) is 0 Å². The molecule has 4 heteroatoms. The van der Waals surface area contributed by atoms with E-state index in [1.165, 1.54) is 0 Å².